The summed E-state index contributed by atoms with van der Waals surface area (Å²) in [5.41, 5.74) is 4.64. The van der Waals surface area contributed by atoms with Gasteiger partial charge in [0.1, 0.15) is 10.2 Å². The summed E-state index contributed by atoms with van der Waals surface area (Å²) in [6.45, 7) is 0. The fourth-order valence-electron chi connectivity index (χ4n) is 1.92. The van der Waals surface area contributed by atoms with Gasteiger partial charge in [-0.05, 0) is 17.5 Å². The molecule has 3 aromatic heterocycles. The molecule has 3 aromatic rings. The maximum atomic E-state index is 13.3. The minimum absolute atomic E-state index is 0.0527. The van der Waals surface area contributed by atoms with Crippen LogP contribution >= 0.6 is 22.9 Å². The Kier molecular flexibility index (Phi) is 3.53. The van der Waals surface area contributed by atoms with Gasteiger partial charge >= 0.3 is 6.18 Å². The zero-order valence-corrected chi connectivity index (χ0v) is 12.2. The monoisotopic (exact) mass is 345 g/mol. The predicted molar refractivity (Wildman–Crippen MR) is 76.9 cm³/mol. The predicted octanol–water partition coefficient (Wildman–Crippen LogP) is 3.65. The number of halogens is 4. The van der Waals surface area contributed by atoms with Crippen LogP contribution in [0, 0.1) is 0 Å². The van der Waals surface area contributed by atoms with Crippen LogP contribution in [0.25, 0.3) is 17.1 Å². The summed E-state index contributed by atoms with van der Waals surface area (Å²) in [7, 11) is 0. The average molecular weight is 346 g/mol. The van der Waals surface area contributed by atoms with Crippen LogP contribution in [0.2, 0.25) is 4.34 Å². The third kappa shape index (κ3) is 2.42. The smallest absolute Gasteiger partial charge is 0.383 e. The molecule has 0 spiro atoms. The number of hydrogen-bond donors (Lipinski definition) is 1. The summed E-state index contributed by atoms with van der Waals surface area (Å²) in [5, 5.41) is 5.11. The second-order valence-electron chi connectivity index (χ2n) is 4.18. The van der Waals surface area contributed by atoms with E-state index in [4.69, 9.17) is 17.3 Å². The minimum Gasteiger partial charge on any atom is -0.383 e. The standard InChI is InChI=1S/C12H7ClF3N5S/c13-9-6(2-5-22-9)7-8(12(14,15)16)20-21(10(7)17)11-18-3-1-4-19-11/h1-5H,17H2. The number of thiophene rings is 1. The molecule has 0 radical (unpaired) electrons. The number of anilines is 1. The van der Waals surface area contributed by atoms with E-state index in [1.54, 1.807) is 5.38 Å². The molecular weight excluding hydrogens is 339 g/mol. The SMILES string of the molecule is Nc1c(-c2ccsc2Cl)c(C(F)(F)F)nn1-c1ncccn1. The lowest BCUT2D eigenvalue weighted by atomic mass is 10.1. The zero-order chi connectivity index (χ0) is 15.9. The molecule has 10 heteroatoms. The van der Waals surface area contributed by atoms with Crippen LogP contribution in [0.4, 0.5) is 19.0 Å². The van der Waals surface area contributed by atoms with Gasteiger partial charge in [0.25, 0.3) is 5.95 Å². The van der Waals surface area contributed by atoms with Crippen molar-refractivity contribution >= 4 is 28.8 Å². The topological polar surface area (TPSA) is 69.6 Å². The number of nitrogens with two attached hydrogens (primary N) is 1. The summed E-state index contributed by atoms with van der Waals surface area (Å²) < 4.78 is 40.9. The molecule has 0 amide bonds. The quantitative estimate of drug-likeness (QED) is 0.769. The van der Waals surface area contributed by atoms with Gasteiger partial charge in [0.05, 0.1) is 5.56 Å². The van der Waals surface area contributed by atoms with E-state index in [0.29, 0.717) is 0 Å². The molecule has 0 aliphatic carbocycles. The Labute approximate surface area is 131 Å². The first-order valence-corrected chi connectivity index (χ1v) is 7.12. The van der Waals surface area contributed by atoms with Gasteiger partial charge in [0.2, 0.25) is 0 Å². The highest BCUT2D eigenvalue weighted by Crippen LogP contribution is 2.44. The lowest BCUT2D eigenvalue weighted by Gasteiger charge is -2.05. The van der Waals surface area contributed by atoms with Crippen molar-refractivity contribution in [3.8, 4) is 17.1 Å². The van der Waals surface area contributed by atoms with E-state index in [1.807, 2.05) is 0 Å². The van der Waals surface area contributed by atoms with Crippen molar-refractivity contribution in [2.75, 3.05) is 5.73 Å². The molecule has 0 bridgehead atoms. The number of nitrogen functional groups attached to an aromatic ring is 1. The Morgan fingerprint density at radius 3 is 2.45 bits per heavy atom. The number of alkyl halides is 3. The molecule has 22 heavy (non-hydrogen) atoms. The maximum absolute atomic E-state index is 13.3. The molecule has 0 aliphatic rings. The van der Waals surface area contributed by atoms with Crippen molar-refractivity contribution in [2.24, 2.45) is 0 Å². The Balaban J connectivity index is 2.29. The first kappa shape index (κ1) is 14.8. The second-order valence-corrected chi connectivity index (χ2v) is 5.69. The van der Waals surface area contributed by atoms with E-state index in [9.17, 15) is 13.2 Å². The Morgan fingerprint density at radius 2 is 1.91 bits per heavy atom. The normalized spacial score (nSPS) is 11.8. The van der Waals surface area contributed by atoms with Crippen molar-refractivity contribution in [3.05, 3.63) is 39.9 Å². The Hall–Kier alpha value is -2.13. The van der Waals surface area contributed by atoms with Crippen LogP contribution in [-0.4, -0.2) is 19.7 Å². The van der Waals surface area contributed by atoms with Crippen molar-refractivity contribution in [3.63, 3.8) is 0 Å². The highest BCUT2D eigenvalue weighted by Gasteiger charge is 2.40. The number of aromatic nitrogens is 4. The highest BCUT2D eigenvalue weighted by molar-refractivity contribution is 7.15. The third-order valence-corrected chi connectivity index (χ3v) is 3.99. The molecule has 0 saturated carbocycles. The zero-order valence-electron chi connectivity index (χ0n) is 10.7. The summed E-state index contributed by atoms with van der Waals surface area (Å²) in [5.74, 6) is -0.276. The van der Waals surface area contributed by atoms with E-state index in [2.05, 4.69) is 15.1 Å². The summed E-state index contributed by atoms with van der Waals surface area (Å²) >= 11 is 7.06. The van der Waals surface area contributed by atoms with Crippen LogP contribution in [-0.2, 0) is 6.18 Å². The molecule has 0 aliphatic heterocycles. The fraction of sp³-hybridized carbons (Fsp3) is 0.0833. The molecule has 0 atom stereocenters. The molecule has 0 saturated heterocycles. The van der Waals surface area contributed by atoms with E-state index >= 15 is 0 Å². The second kappa shape index (κ2) is 5.25. The van der Waals surface area contributed by atoms with Crippen LogP contribution in [0.15, 0.2) is 29.9 Å². The number of nitrogens with zero attached hydrogens (tertiary/aromatic N) is 4. The molecule has 3 heterocycles. The van der Waals surface area contributed by atoms with Crippen molar-refractivity contribution < 1.29 is 13.2 Å². The highest BCUT2D eigenvalue weighted by atomic mass is 35.5. The fourth-order valence-corrected chi connectivity index (χ4v) is 2.85. The van der Waals surface area contributed by atoms with Gasteiger partial charge in [-0.25, -0.2) is 9.97 Å². The largest absolute Gasteiger partial charge is 0.435 e. The van der Waals surface area contributed by atoms with E-state index in [0.717, 1.165) is 16.0 Å². The average Bonchev–Trinajstić information content (AvgIpc) is 3.02. The number of hydrogen-bond acceptors (Lipinski definition) is 5. The number of rotatable bonds is 2. The Morgan fingerprint density at radius 1 is 1.23 bits per heavy atom. The lowest BCUT2D eigenvalue weighted by molar-refractivity contribution is -0.140. The van der Waals surface area contributed by atoms with Crippen LogP contribution in [0.5, 0.6) is 0 Å². The summed E-state index contributed by atoms with van der Waals surface area (Å²) in [6.07, 6.45) is -1.92. The van der Waals surface area contributed by atoms with Crippen LogP contribution in [0.3, 0.4) is 0 Å². The first-order chi connectivity index (χ1) is 10.4. The lowest BCUT2D eigenvalue weighted by Crippen LogP contribution is -2.09. The molecule has 0 aromatic carbocycles. The molecular formula is C12H7ClF3N5S. The summed E-state index contributed by atoms with van der Waals surface area (Å²) in [6, 6.07) is 3.00. The van der Waals surface area contributed by atoms with E-state index in [1.165, 1.54) is 24.5 Å². The summed E-state index contributed by atoms with van der Waals surface area (Å²) in [4.78, 5) is 7.72. The van der Waals surface area contributed by atoms with Gasteiger partial charge in [-0.2, -0.15) is 23.0 Å². The minimum atomic E-state index is -4.69. The van der Waals surface area contributed by atoms with Gasteiger partial charge in [0.15, 0.2) is 5.69 Å². The maximum Gasteiger partial charge on any atom is 0.435 e. The molecule has 2 N–H and O–H groups in total. The van der Waals surface area contributed by atoms with E-state index < -0.39 is 11.9 Å². The van der Waals surface area contributed by atoms with Gasteiger partial charge in [-0.3, -0.25) is 0 Å². The van der Waals surface area contributed by atoms with Crippen LogP contribution in [0.1, 0.15) is 5.69 Å². The van der Waals surface area contributed by atoms with Gasteiger partial charge in [-0.15, -0.1) is 11.3 Å². The van der Waals surface area contributed by atoms with Gasteiger partial charge in [0, 0.05) is 18.0 Å². The molecule has 0 fully saturated rings. The molecule has 114 valence electrons. The third-order valence-electron chi connectivity index (χ3n) is 2.82. The van der Waals surface area contributed by atoms with Crippen molar-refractivity contribution in [2.45, 2.75) is 6.18 Å². The molecule has 5 nitrogen and oxygen atoms in total. The van der Waals surface area contributed by atoms with Crippen molar-refractivity contribution in [1.29, 1.82) is 0 Å². The van der Waals surface area contributed by atoms with Gasteiger partial charge < -0.3 is 5.73 Å². The molecule has 0 unspecified atom stereocenters. The molecule has 3 rings (SSSR count). The Bertz CT molecular complexity index is 812. The first-order valence-electron chi connectivity index (χ1n) is 5.86. The van der Waals surface area contributed by atoms with E-state index in [-0.39, 0.29) is 27.2 Å². The van der Waals surface area contributed by atoms with Gasteiger partial charge in [-0.1, -0.05) is 11.6 Å². The van der Waals surface area contributed by atoms with Crippen LogP contribution < -0.4 is 5.73 Å². The van der Waals surface area contributed by atoms with Crippen molar-refractivity contribution in [1.82, 2.24) is 19.7 Å².